The van der Waals surface area contributed by atoms with Crippen LogP contribution in [-0.4, -0.2) is 0 Å². The van der Waals surface area contributed by atoms with Gasteiger partial charge in [-0.25, -0.2) is 0 Å². The highest BCUT2D eigenvalue weighted by atomic mass is 16.3. The lowest BCUT2D eigenvalue weighted by molar-refractivity contribution is 1.02. The second-order valence-corrected chi connectivity index (χ2v) is 1.61. The molecule has 0 aliphatic heterocycles. The van der Waals surface area contributed by atoms with Gasteiger partial charge in [-0.2, -0.15) is 0 Å². The smallest absolute Gasteiger partial charge is 0.167 e. The molecule has 3 nitrogen and oxygen atoms in total. The molecular weight excluding hydrogens is 104 g/mol. The second kappa shape index (κ2) is 3.18. The third kappa shape index (κ3) is 1.73. The summed E-state index contributed by atoms with van der Waals surface area (Å²) in [4.78, 5) is 9.67. The van der Waals surface area contributed by atoms with Gasteiger partial charge in [0.1, 0.15) is 0 Å². The predicted octanol–water partition coefficient (Wildman–Crippen LogP) is 1.35. The van der Waals surface area contributed by atoms with Crippen molar-refractivity contribution >= 4 is 0 Å². The van der Waals surface area contributed by atoms with Crippen molar-refractivity contribution in [3.05, 3.63) is 16.3 Å². The summed E-state index contributed by atoms with van der Waals surface area (Å²) in [6.45, 7) is 3.71. The van der Waals surface area contributed by atoms with Gasteiger partial charge in [0, 0.05) is 0 Å². The van der Waals surface area contributed by atoms with E-state index in [0.717, 1.165) is 12.0 Å². The van der Waals surface area contributed by atoms with Crippen molar-refractivity contribution in [3.63, 3.8) is 0 Å². The van der Waals surface area contributed by atoms with Crippen molar-refractivity contribution in [2.75, 3.05) is 0 Å². The van der Waals surface area contributed by atoms with E-state index in [0.29, 0.717) is 0 Å². The quantitative estimate of drug-likeness (QED) is 0.551. The molecule has 0 aromatic heterocycles. The highest BCUT2D eigenvalue weighted by Gasteiger charge is 1.91. The molecule has 0 unspecified atom stereocenters. The molecule has 0 amide bonds. The summed E-state index contributed by atoms with van der Waals surface area (Å²) in [7, 11) is 0. The Morgan fingerprint density at radius 3 is 2.38 bits per heavy atom. The second-order valence-electron chi connectivity index (χ2n) is 1.61. The molecule has 46 valence electrons. The summed E-state index contributed by atoms with van der Waals surface area (Å²) < 4.78 is 0. The number of nitroso groups, excluding NO2 is 1. The zero-order valence-electron chi connectivity index (χ0n) is 5.14. The van der Waals surface area contributed by atoms with Gasteiger partial charge in [-0.1, -0.05) is 6.92 Å². The topological polar surface area (TPSA) is 55.4 Å². The van der Waals surface area contributed by atoms with Crippen LogP contribution in [0.15, 0.2) is 16.6 Å². The van der Waals surface area contributed by atoms with Crippen LogP contribution in [0.1, 0.15) is 20.3 Å². The van der Waals surface area contributed by atoms with Gasteiger partial charge >= 0.3 is 0 Å². The molecule has 0 fully saturated rings. The minimum Gasteiger partial charge on any atom is -0.381 e. The van der Waals surface area contributed by atoms with E-state index in [1.54, 1.807) is 6.92 Å². The molecule has 0 saturated heterocycles. The third-order valence-corrected chi connectivity index (χ3v) is 1.07. The van der Waals surface area contributed by atoms with E-state index in [1.165, 1.54) is 0 Å². The molecule has 0 bridgehead atoms. The summed E-state index contributed by atoms with van der Waals surface area (Å²) >= 11 is 0. The van der Waals surface area contributed by atoms with Crippen LogP contribution >= 0.6 is 0 Å². The maximum atomic E-state index is 9.67. The molecule has 0 aliphatic carbocycles. The van der Waals surface area contributed by atoms with Gasteiger partial charge in [0.2, 0.25) is 0 Å². The number of allylic oxidation sites excluding steroid dienone is 1. The Morgan fingerprint density at radius 1 is 1.75 bits per heavy atom. The maximum Gasteiger partial charge on any atom is 0.167 e. The molecule has 0 spiro atoms. The molecular formula is C5H10N2O. The fraction of sp³-hybridized carbons (Fsp3) is 0.600. The Labute approximate surface area is 48.5 Å². The van der Waals surface area contributed by atoms with Crippen molar-refractivity contribution in [3.8, 4) is 0 Å². The largest absolute Gasteiger partial charge is 0.381 e. The minimum atomic E-state index is 0.118. The molecule has 0 rings (SSSR count). The number of nitrogens with two attached hydrogens (primary N) is 1. The summed E-state index contributed by atoms with van der Waals surface area (Å²) in [5, 5.41) is 2.57. The molecule has 0 atom stereocenters. The first kappa shape index (κ1) is 7.14. The van der Waals surface area contributed by atoms with Crippen molar-refractivity contribution < 1.29 is 0 Å². The maximum absolute atomic E-state index is 9.67. The van der Waals surface area contributed by atoms with E-state index in [-0.39, 0.29) is 5.82 Å². The molecule has 3 heteroatoms. The highest BCUT2D eigenvalue weighted by molar-refractivity contribution is 5.05. The first-order valence-electron chi connectivity index (χ1n) is 2.51. The summed E-state index contributed by atoms with van der Waals surface area (Å²) in [5.41, 5.74) is 5.97. The highest BCUT2D eigenvalue weighted by Crippen LogP contribution is 2.01. The van der Waals surface area contributed by atoms with Crippen LogP contribution in [0, 0.1) is 4.91 Å². The number of hydrogen-bond acceptors (Lipinski definition) is 3. The SMILES string of the molecule is CCC(C)=C(N)N=O. The summed E-state index contributed by atoms with van der Waals surface area (Å²) in [6, 6.07) is 0. The molecule has 0 heterocycles. The Hall–Kier alpha value is -0.860. The molecule has 2 N–H and O–H groups in total. The first-order valence-corrected chi connectivity index (χ1v) is 2.51. The van der Waals surface area contributed by atoms with E-state index in [4.69, 9.17) is 5.73 Å². The zero-order valence-corrected chi connectivity index (χ0v) is 5.14. The lowest BCUT2D eigenvalue weighted by Crippen LogP contribution is -1.95. The van der Waals surface area contributed by atoms with E-state index < -0.39 is 0 Å². The van der Waals surface area contributed by atoms with Crippen molar-refractivity contribution in [1.29, 1.82) is 0 Å². The third-order valence-electron chi connectivity index (χ3n) is 1.07. The van der Waals surface area contributed by atoms with Crippen LogP contribution in [0.25, 0.3) is 0 Å². The molecule has 0 aromatic carbocycles. The Morgan fingerprint density at radius 2 is 2.25 bits per heavy atom. The lowest BCUT2D eigenvalue weighted by Gasteiger charge is -1.92. The van der Waals surface area contributed by atoms with Gasteiger partial charge in [-0.05, 0) is 24.1 Å². The van der Waals surface area contributed by atoms with E-state index in [2.05, 4.69) is 5.18 Å². The van der Waals surface area contributed by atoms with Crippen LogP contribution in [0.5, 0.6) is 0 Å². The standard InChI is InChI=1S/C5H10N2O/c1-3-4(2)5(6)7-8/h3,6H2,1-2H3. The number of nitrogens with zero attached hydrogens (tertiary/aromatic N) is 1. The molecule has 0 aromatic rings. The number of rotatable bonds is 2. The average molecular weight is 114 g/mol. The zero-order chi connectivity index (χ0) is 6.57. The van der Waals surface area contributed by atoms with Crippen LogP contribution in [0.4, 0.5) is 0 Å². The lowest BCUT2D eigenvalue weighted by atomic mass is 10.2. The van der Waals surface area contributed by atoms with E-state index in [1.807, 2.05) is 6.92 Å². The molecule has 0 radical (unpaired) electrons. The van der Waals surface area contributed by atoms with Crippen molar-refractivity contribution in [2.24, 2.45) is 10.9 Å². The van der Waals surface area contributed by atoms with Gasteiger partial charge in [0.05, 0.1) is 0 Å². The predicted molar refractivity (Wildman–Crippen MR) is 33.0 cm³/mol. The Balaban J connectivity index is 4.03. The van der Waals surface area contributed by atoms with Gasteiger partial charge in [0.15, 0.2) is 5.82 Å². The monoisotopic (exact) mass is 114 g/mol. The Kier molecular flexibility index (Phi) is 2.84. The van der Waals surface area contributed by atoms with E-state index >= 15 is 0 Å². The molecule has 0 aliphatic rings. The van der Waals surface area contributed by atoms with Crippen LogP contribution in [0.3, 0.4) is 0 Å². The normalized spacial score (nSPS) is 12.8. The van der Waals surface area contributed by atoms with Gasteiger partial charge in [0.25, 0.3) is 0 Å². The fourth-order valence-electron chi connectivity index (χ4n) is 0.259. The molecule has 0 saturated carbocycles. The molecule has 8 heavy (non-hydrogen) atoms. The minimum absolute atomic E-state index is 0.118. The average Bonchev–Trinajstić information content (AvgIpc) is 1.84. The van der Waals surface area contributed by atoms with Gasteiger partial charge < -0.3 is 5.73 Å². The number of hydrogen-bond donors (Lipinski definition) is 1. The summed E-state index contributed by atoms with van der Waals surface area (Å²) in [6.07, 6.45) is 0.789. The van der Waals surface area contributed by atoms with Crippen LogP contribution in [0.2, 0.25) is 0 Å². The van der Waals surface area contributed by atoms with Gasteiger partial charge in [-0.15, -0.1) is 4.91 Å². The first-order chi connectivity index (χ1) is 3.72. The van der Waals surface area contributed by atoms with Gasteiger partial charge in [-0.3, -0.25) is 0 Å². The van der Waals surface area contributed by atoms with Crippen LogP contribution < -0.4 is 5.73 Å². The van der Waals surface area contributed by atoms with Crippen molar-refractivity contribution in [1.82, 2.24) is 0 Å². The van der Waals surface area contributed by atoms with Crippen LogP contribution in [-0.2, 0) is 0 Å². The fourth-order valence-corrected chi connectivity index (χ4v) is 0.259. The summed E-state index contributed by atoms with van der Waals surface area (Å²) in [5.74, 6) is 0.118. The van der Waals surface area contributed by atoms with Crippen molar-refractivity contribution in [2.45, 2.75) is 20.3 Å². The van der Waals surface area contributed by atoms with E-state index in [9.17, 15) is 4.91 Å². The Bertz CT molecular complexity index is 118.